The lowest BCUT2D eigenvalue weighted by Crippen LogP contribution is -2.13. The van der Waals surface area contributed by atoms with Gasteiger partial charge >= 0.3 is 0 Å². The predicted octanol–water partition coefficient (Wildman–Crippen LogP) is 3.07. The highest BCUT2D eigenvalue weighted by Crippen LogP contribution is 2.18. The van der Waals surface area contributed by atoms with Crippen molar-refractivity contribution < 1.29 is 13.9 Å². The zero-order valence-corrected chi connectivity index (χ0v) is 10.8. The van der Waals surface area contributed by atoms with Crippen molar-refractivity contribution in [3.05, 3.63) is 59.4 Å². The van der Waals surface area contributed by atoms with Crippen molar-refractivity contribution in [1.82, 2.24) is 0 Å². The van der Waals surface area contributed by atoms with Gasteiger partial charge in [-0.1, -0.05) is 12.0 Å². The molecule has 0 fully saturated rings. The minimum absolute atomic E-state index is 0.0584. The maximum atomic E-state index is 13.8. The molecule has 1 N–H and O–H groups in total. The molecule has 2 rings (SSSR count). The largest absolute Gasteiger partial charge is 0.497 e. The summed E-state index contributed by atoms with van der Waals surface area (Å²) in [5.74, 6) is 1.63. The average Bonchev–Trinajstić information content (AvgIpc) is 2.47. The third-order valence-corrected chi connectivity index (χ3v) is 2.71. The first-order valence-electron chi connectivity index (χ1n) is 5.85. The van der Waals surface area contributed by atoms with Gasteiger partial charge in [0.15, 0.2) is 0 Å². The predicted molar refractivity (Wildman–Crippen MR) is 75.3 cm³/mol. The summed E-state index contributed by atoms with van der Waals surface area (Å²) in [6, 6.07) is 10.8. The van der Waals surface area contributed by atoms with Crippen LogP contribution in [-0.2, 0) is 0 Å². The fraction of sp³-hybridized carbons (Fsp3) is 0.0625. The Morgan fingerprint density at radius 1 is 1.30 bits per heavy atom. The number of carbonyl (C=O) groups excluding carboxylic acids is 1. The van der Waals surface area contributed by atoms with E-state index in [4.69, 9.17) is 11.2 Å². The number of carbonyl (C=O) groups is 1. The van der Waals surface area contributed by atoms with Crippen molar-refractivity contribution in [2.24, 2.45) is 0 Å². The summed E-state index contributed by atoms with van der Waals surface area (Å²) < 4.78 is 18.6. The summed E-state index contributed by atoms with van der Waals surface area (Å²) in [7, 11) is 1.43. The van der Waals surface area contributed by atoms with E-state index in [1.165, 1.54) is 19.2 Å². The molecule has 0 atom stereocenters. The maximum absolute atomic E-state index is 13.8. The van der Waals surface area contributed by atoms with Crippen molar-refractivity contribution in [3.63, 3.8) is 0 Å². The molecule has 2 aromatic carbocycles. The molecule has 4 heteroatoms. The van der Waals surface area contributed by atoms with Gasteiger partial charge in [-0.15, -0.1) is 6.42 Å². The van der Waals surface area contributed by atoms with E-state index >= 15 is 0 Å². The highest BCUT2D eigenvalue weighted by molar-refractivity contribution is 6.04. The van der Waals surface area contributed by atoms with Crippen LogP contribution >= 0.6 is 0 Å². The van der Waals surface area contributed by atoms with Gasteiger partial charge in [0.25, 0.3) is 5.91 Å². The molecule has 100 valence electrons. The number of halogens is 1. The van der Waals surface area contributed by atoms with E-state index in [0.29, 0.717) is 17.0 Å². The van der Waals surface area contributed by atoms with Crippen molar-refractivity contribution >= 4 is 11.6 Å². The zero-order valence-electron chi connectivity index (χ0n) is 10.8. The van der Waals surface area contributed by atoms with Crippen LogP contribution in [0.25, 0.3) is 0 Å². The first-order valence-corrected chi connectivity index (χ1v) is 5.85. The molecule has 0 aromatic heterocycles. The summed E-state index contributed by atoms with van der Waals surface area (Å²) in [4.78, 5) is 12.0. The Labute approximate surface area is 116 Å². The Balaban J connectivity index is 2.22. The number of hydrogen-bond acceptors (Lipinski definition) is 2. The van der Waals surface area contributed by atoms with E-state index in [0.717, 1.165) is 6.07 Å². The van der Waals surface area contributed by atoms with Gasteiger partial charge in [0.1, 0.15) is 11.6 Å². The Morgan fingerprint density at radius 3 is 2.75 bits per heavy atom. The van der Waals surface area contributed by atoms with E-state index in [1.807, 2.05) is 0 Å². The molecule has 0 aliphatic carbocycles. The monoisotopic (exact) mass is 269 g/mol. The minimum atomic E-state index is -0.644. The van der Waals surface area contributed by atoms with E-state index in [2.05, 4.69) is 11.2 Å². The zero-order chi connectivity index (χ0) is 14.5. The number of hydrogen-bond donors (Lipinski definition) is 1. The van der Waals surface area contributed by atoms with Gasteiger partial charge in [-0.2, -0.15) is 0 Å². The van der Waals surface area contributed by atoms with Gasteiger partial charge in [0, 0.05) is 17.3 Å². The molecule has 1 amide bonds. The first kappa shape index (κ1) is 13.6. The number of amides is 1. The highest BCUT2D eigenvalue weighted by atomic mass is 19.1. The molecule has 0 unspecified atom stereocenters. The lowest BCUT2D eigenvalue weighted by molar-refractivity contribution is 0.102. The van der Waals surface area contributed by atoms with E-state index in [9.17, 15) is 9.18 Å². The molecule has 0 saturated heterocycles. The summed E-state index contributed by atoms with van der Waals surface area (Å²) in [5, 5.41) is 2.60. The van der Waals surface area contributed by atoms with Gasteiger partial charge in [-0.25, -0.2) is 4.39 Å². The van der Waals surface area contributed by atoms with Gasteiger partial charge in [-0.3, -0.25) is 4.79 Å². The number of terminal acetylenes is 1. The van der Waals surface area contributed by atoms with Crippen LogP contribution in [0.15, 0.2) is 42.5 Å². The second kappa shape index (κ2) is 5.89. The minimum Gasteiger partial charge on any atom is -0.497 e. The molecule has 0 heterocycles. The molecule has 0 radical (unpaired) electrons. The molecule has 0 aliphatic heterocycles. The lowest BCUT2D eigenvalue weighted by Gasteiger charge is -2.07. The topological polar surface area (TPSA) is 38.3 Å². The number of benzene rings is 2. The SMILES string of the molecule is C#Cc1cccc(NC(=O)c2ccc(OC)cc2F)c1. The van der Waals surface area contributed by atoms with Gasteiger partial charge < -0.3 is 10.1 Å². The standard InChI is InChI=1S/C16H12FNO2/c1-3-11-5-4-6-12(9-11)18-16(19)14-8-7-13(20-2)10-15(14)17/h1,4-10H,2H3,(H,18,19). The number of rotatable bonds is 3. The third-order valence-electron chi connectivity index (χ3n) is 2.71. The molecule has 0 bridgehead atoms. The smallest absolute Gasteiger partial charge is 0.258 e. The van der Waals surface area contributed by atoms with Crippen molar-refractivity contribution in [1.29, 1.82) is 0 Å². The molecular weight excluding hydrogens is 257 g/mol. The molecular formula is C16H12FNO2. The Bertz CT molecular complexity index is 689. The molecule has 2 aromatic rings. The summed E-state index contributed by atoms with van der Waals surface area (Å²) in [6.07, 6.45) is 5.28. The first-order chi connectivity index (χ1) is 9.63. The number of ether oxygens (including phenoxy) is 1. The molecule has 20 heavy (non-hydrogen) atoms. The Hall–Kier alpha value is -2.80. The van der Waals surface area contributed by atoms with Crippen molar-refractivity contribution in [2.45, 2.75) is 0 Å². The van der Waals surface area contributed by atoms with Gasteiger partial charge in [-0.05, 0) is 30.3 Å². The van der Waals surface area contributed by atoms with Crippen LogP contribution in [0.1, 0.15) is 15.9 Å². The van der Waals surface area contributed by atoms with Crippen LogP contribution in [0.5, 0.6) is 5.75 Å². The number of anilines is 1. The second-order valence-corrected chi connectivity index (χ2v) is 4.03. The van der Waals surface area contributed by atoms with E-state index in [1.54, 1.807) is 24.3 Å². The third kappa shape index (κ3) is 2.96. The van der Waals surface area contributed by atoms with Gasteiger partial charge in [0.05, 0.1) is 12.7 Å². The normalized spacial score (nSPS) is 9.65. The molecule has 0 spiro atoms. The van der Waals surface area contributed by atoms with Gasteiger partial charge in [0.2, 0.25) is 0 Å². The maximum Gasteiger partial charge on any atom is 0.258 e. The van der Waals surface area contributed by atoms with Crippen molar-refractivity contribution in [3.8, 4) is 18.1 Å². The quantitative estimate of drug-likeness (QED) is 0.870. The molecule has 3 nitrogen and oxygen atoms in total. The van der Waals surface area contributed by atoms with E-state index in [-0.39, 0.29) is 5.56 Å². The fourth-order valence-corrected chi connectivity index (χ4v) is 1.69. The van der Waals surface area contributed by atoms with Crippen LogP contribution in [0.2, 0.25) is 0 Å². The van der Waals surface area contributed by atoms with Crippen molar-refractivity contribution in [2.75, 3.05) is 12.4 Å². The second-order valence-electron chi connectivity index (χ2n) is 4.03. The summed E-state index contributed by atoms with van der Waals surface area (Å²) in [5.41, 5.74) is 1.09. The Kier molecular flexibility index (Phi) is 4.02. The van der Waals surface area contributed by atoms with Crippen LogP contribution < -0.4 is 10.1 Å². The molecule has 0 aliphatic rings. The lowest BCUT2D eigenvalue weighted by atomic mass is 10.1. The summed E-state index contributed by atoms with van der Waals surface area (Å²) in [6.45, 7) is 0. The average molecular weight is 269 g/mol. The number of methoxy groups -OCH3 is 1. The summed E-state index contributed by atoms with van der Waals surface area (Å²) >= 11 is 0. The number of nitrogens with one attached hydrogen (secondary N) is 1. The fourth-order valence-electron chi connectivity index (χ4n) is 1.69. The van der Waals surface area contributed by atoms with E-state index < -0.39 is 11.7 Å². The van der Waals surface area contributed by atoms with Crippen LogP contribution in [0.3, 0.4) is 0 Å². The van der Waals surface area contributed by atoms with Crippen LogP contribution in [-0.4, -0.2) is 13.0 Å². The van der Waals surface area contributed by atoms with Crippen LogP contribution in [0, 0.1) is 18.2 Å². The molecule has 0 saturated carbocycles. The van der Waals surface area contributed by atoms with Crippen LogP contribution in [0.4, 0.5) is 10.1 Å². The highest BCUT2D eigenvalue weighted by Gasteiger charge is 2.12. The Morgan fingerprint density at radius 2 is 2.10 bits per heavy atom.